The lowest BCUT2D eigenvalue weighted by Gasteiger charge is -2.39. The molecule has 206 valence electrons. The van der Waals surface area contributed by atoms with E-state index < -0.39 is 36.4 Å². The number of nitrogens with zero attached hydrogens (tertiary/aromatic N) is 1. The molecular weight excluding hydrogens is 495 g/mol. The summed E-state index contributed by atoms with van der Waals surface area (Å²) in [7, 11) is 0. The van der Waals surface area contributed by atoms with Crippen molar-refractivity contribution in [3.05, 3.63) is 53.6 Å². The molecule has 0 aromatic heterocycles. The topological polar surface area (TPSA) is 81.7 Å². The van der Waals surface area contributed by atoms with E-state index in [1.54, 1.807) is 25.1 Å². The predicted molar refractivity (Wildman–Crippen MR) is 143 cm³/mol. The van der Waals surface area contributed by atoms with Crippen molar-refractivity contribution in [3.8, 4) is 0 Å². The van der Waals surface area contributed by atoms with E-state index in [2.05, 4.69) is 10.6 Å². The van der Waals surface area contributed by atoms with Gasteiger partial charge in [0, 0.05) is 24.7 Å². The van der Waals surface area contributed by atoms with E-state index in [0.717, 1.165) is 43.2 Å². The molecule has 4 rings (SSSR count). The third kappa shape index (κ3) is 7.42. The molecule has 6 nitrogen and oxygen atoms in total. The van der Waals surface area contributed by atoms with Crippen LogP contribution in [-0.2, 0) is 4.79 Å². The first-order valence-corrected chi connectivity index (χ1v) is 13.3. The zero-order valence-electron chi connectivity index (χ0n) is 21.9. The van der Waals surface area contributed by atoms with E-state index in [1.165, 1.54) is 0 Å². The monoisotopic (exact) mass is 531 g/mol. The van der Waals surface area contributed by atoms with Gasteiger partial charge in [-0.25, -0.2) is 4.79 Å². The summed E-state index contributed by atoms with van der Waals surface area (Å²) in [6.07, 6.45) is 0.250. The largest absolute Gasteiger partial charge is 0.481 e. The zero-order chi connectivity index (χ0) is 27.4. The summed E-state index contributed by atoms with van der Waals surface area (Å²) in [5, 5.41) is 15.1. The number of aryl methyl sites for hydroxylation is 1. The van der Waals surface area contributed by atoms with Gasteiger partial charge in [0.1, 0.15) is 0 Å². The van der Waals surface area contributed by atoms with Crippen LogP contribution in [0.1, 0.15) is 68.9 Å². The molecule has 3 atom stereocenters. The van der Waals surface area contributed by atoms with Crippen LogP contribution in [-0.4, -0.2) is 35.9 Å². The maximum atomic E-state index is 13.2. The maximum absolute atomic E-state index is 13.2. The maximum Gasteiger partial charge on any atom is 0.389 e. The number of halogens is 3. The summed E-state index contributed by atoms with van der Waals surface area (Å²) in [5.41, 5.74) is 3.62. The van der Waals surface area contributed by atoms with Crippen LogP contribution >= 0.6 is 0 Å². The quantitative estimate of drug-likeness (QED) is 0.312. The second kappa shape index (κ2) is 11.7. The molecule has 2 aromatic rings. The van der Waals surface area contributed by atoms with E-state index in [4.69, 9.17) is 0 Å². The molecule has 9 heteroatoms. The van der Waals surface area contributed by atoms with Gasteiger partial charge in [-0.05, 0) is 67.9 Å². The Hall–Kier alpha value is -3.23. The van der Waals surface area contributed by atoms with Crippen molar-refractivity contribution in [2.75, 3.05) is 22.1 Å². The molecule has 0 bridgehead atoms. The standard InChI is InChI=1S/C29H36F3N3O3/c1-18-8-11-21(12-9-18)33-28(38)34-25-14-20(23-15-24(23)27(36)37)10-13-26(25)35(22-6-4-3-5-7-22)17-19(2)16-29(30,31)32/h8-14,19,22-24H,3-7,15-17H2,1-2H3,(H,36,37)(H2,33,34,38)/t19?,23-,24-/m0/s1. The molecule has 2 amide bonds. The van der Waals surface area contributed by atoms with Crippen LogP contribution in [0.4, 0.5) is 35.0 Å². The van der Waals surface area contributed by atoms with Gasteiger partial charge in [-0.15, -0.1) is 0 Å². The van der Waals surface area contributed by atoms with Gasteiger partial charge in [-0.3, -0.25) is 4.79 Å². The SMILES string of the molecule is Cc1ccc(NC(=O)Nc2cc([C@@H]3C[C@@H]3C(=O)O)ccc2N(CC(C)CC(F)(F)F)C2CCCCC2)cc1. The Morgan fingerprint density at radius 3 is 2.34 bits per heavy atom. The Bertz CT molecular complexity index is 1130. The van der Waals surface area contributed by atoms with Gasteiger partial charge in [0.15, 0.2) is 0 Å². The number of carbonyl (C=O) groups excluding carboxylic acids is 1. The highest BCUT2D eigenvalue weighted by Crippen LogP contribution is 2.49. The third-order valence-electron chi connectivity index (χ3n) is 7.53. The minimum Gasteiger partial charge on any atom is -0.481 e. The first-order chi connectivity index (χ1) is 18.0. The molecule has 0 spiro atoms. The van der Waals surface area contributed by atoms with Crippen LogP contribution in [0.15, 0.2) is 42.5 Å². The molecule has 0 aliphatic heterocycles. The summed E-state index contributed by atoms with van der Waals surface area (Å²) >= 11 is 0. The number of carboxylic acid groups (broad SMARTS) is 1. The number of nitrogens with one attached hydrogen (secondary N) is 2. The smallest absolute Gasteiger partial charge is 0.389 e. The molecule has 2 aromatic carbocycles. The highest BCUT2D eigenvalue weighted by molar-refractivity contribution is 6.02. The molecule has 2 fully saturated rings. The summed E-state index contributed by atoms with van der Waals surface area (Å²) in [5.74, 6) is -2.09. The number of hydrogen-bond donors (Lipinski definition) is 3. The van der Waals surface area contributed by atoms with E-state index in [0.29, 0.717) is 23.5 Å². The minimum atomic E-state index is -4.26. The Morgan fingerprint density at radius 1 is 1.05 bits per heavy atom. The fourth-order valence-corrected chi connectivity index (χ4v) is 5.53. The molecule has 2 saturated carbocycles. The Morgan fingerprint density at radius 2 is 1.74 bits per heavy atom. The fourth-order valence-electron chi connectivity index (χ4n) is 5.53. The van der Waals surface area contributed by atoms with Gasteiger partial charge in [0.2, 0.25) is 0 Å². The Labute approximate surface area is 221 Å². The van der Waals surface area contributed by atoms with Crippen molar-refractivity contribution in [3.63, 3.8) is 0 Å². The number of rotatable bonds is 9. The number of alkyl halides is 3. The molecule has 2 aliphatic carbocycles. The second-order valence-corrected chi connectivity index (χ2v) is 10.9. The summed E-state index contributed by atoms with van der Waals surface area (Å²) < 4.78 is 39.6. The lowest BCUT2D eigenvalue weighted by molar-refractivity contribution is -0.142. The van der Waals surface area contributed by atoms with Crippen molar-refractivity contribution in [1.82, 2.24) is 0 Å². The van der Waals surface area contributed by atoms with E-state index in [1.807, 2.05) is 36.1 Å². The fraction of sp³-hybridized carbons (Fsp3) is 0.517. The average molecular weight is 532 g/mol. The van der Waals surface area contributed by atoms with Crippen molar-refractivity contribution in [2.24, 2.45) is 11.8 Å². The molecular formula is C29H36F3N3O3. The Balaban J connectivity index is 1.64. The highest BCUT2D eigenvalue weighted by atomic mass is 19.4. The first-order valence-electron chi connectivity index (χ1n) is 13.3. The van der Waals surface area contributed by atoms with Gasteiger partial charge >= 0.3 is 18.2 Å². The van der Waals surface area contributed by atoms with E-state index in [9.17, 15) is 27.9 Å². The number of amides is 2. The van der Waals surface area contributed by atoms with Crippen molar-refractivity contribution in [2.45, 2.75) is 76.9 Å². The van der Waals surface area contributed by atoms with Crippen LogP contribution in [0, 0.1) is 18.8 Å². The number of urea groups is 1. The molecule has 2 aliphatic rings. The zero-order valence-corrected chi connectivity index (χ0v) is 21.9. The predicted octanol–water partition coefficient (Wildman–Crippen LogP) is 7.55. The van der Waals surface area contributed by atoms with Crippen LogP contribution < -0.4 is 15.5 Å². The number of hydrogen-bond acceptors (Lipinski definition) is 3. The van der Waals surface area contributed by atoms with Crippen molar-refractivity contribution >= 4 is 29.1 Å². The summed E-state index contributed by atoms with van der Waals surface area (Å²) in [6.45, 7) is 3.76. The van der Waals surface area contributed by atoms with Gasteiger partial charge in [0.25, 0.3) is 0 Å². The van der Waals surface area contributed by atoms with Gasteiger partial charge in [0.05, 0.1) is 17.3 Å². The van der Waals surface area contributed by atoms with Crippen molar-refractivity contribution < 1.29 is 27.9 Å². The van der Waals surface area contributed by atoms with Crippen LogP contribution in [0.2, 0.25) is 0 Å². The van der Waals surface area contributed by atoms with E-state index >= 15 is 0 Å². The van der Waals surface area contributed by atoms with Crippen LogP contribution in [0.5, 0.6) is 0 Å². The van der Waals surface area contributed by atoms with Crippen LogP contribution in [0.25, 0.3) is 0 Å². The summed E-state index contributed by atoms with van der Waals surface area (Å²) in [4.78, 5) is 26.5. The number of carboxylic acids is 1. The first kappa shape index (κ1) is 27.8. The van der Waals surface area contributed by atoms with E-state index in [-0.39, 0.29) is 18.5 Å². The average Bonchev–Trinajstić information content (AvgIpc) is 3.65. The minimum absolute atomic E-state index is 0.0682. The van der Waals surface area contributed by atoms with Gasteiger partial charge in [-0.2, -0.15) is 13.2 Å². The second-order valence-electron chi connectivity index (χ2n) is 10.9. The molecule has 0 heterocycles. The molecule has 0 saturated heterocycles. The number of aliphatic carboxylic acids is 1. The lowest BCUT2D eigenvalue weighted by Crippen LogP contribution is -2.41. The highest BCUT2D eigenvalue weighted by Gasteiger charge is 2.44. The summed E-state index contributed by atoms with van der Waals surface area (Å²) in [6, 6.07) is 12.4. The molecule has 0 radical (unpaired) electrons. The number of anilines is 3. The third-order valence-corrected chi connectivity index (χ3v) is 7.53. The molecule has 1 unspecified atom stereocenters. The number of benzene rings is 2. The Kier molecular flexibility index (Phi) is 8.53. The van der Waals surface area contributed by atoms with Crippen LogP contribution in [0.3, 0.4) is 0 Å². The van der Waals surface area contributed by atoms with Crippen molar-refractivity contribution in [1.29, 1.82) is 0 Å². The molecule has 38 heavy (non-hydrogen) atoms. The lowest BCUT2D eigenvalue weighted by atomic mass is 9.92. The van der Waals surface area contributed by atoms with Gasteiger partial charge < -0.3 is 20.6 Å². The molecule has 3 N–H and O–H groups in total. The number of carbonyl (C=O) groups is 2. The normalized spacial score (nSPS) is 20.4. The van der Waals surface area contributed by atoms with Gasteiger partial charge in [-0.1, -0.05) is 49.9 Å².